The van der Waals surface area contributed by atoms with Crippen molar-refractivity contribution in [2.45, 2.75) is 37.4 Å². The van der Waals surface area contributed by atoms with E-state index in [0.29, 0.717) is 5.75 Å². The number of hydrogen-bond acceptors (Lipinski definition) is 4. The minimum Gasteiger partial charge on any atom is -0.493 e. The van der Waals surface area contributed by atoms with Crippen molar-refractivity contribution in [2.24, 2.45) is 0 Å². The number of ether oxygens (including phenoxy) is 1. The second kappa shape index (κ2) is 6.93. The van der Waals surface area contributed by atoms with E-state index in [-0.39, 0.29) is 23.2 Å². The molecule has 0 aliphatic heterocycles. The van der Waals surface area contributed by atoms with Crippen LogP contribution in [-0.2, 0) is 9.84 Å². The molecule has 1 saturated carbocycles. The van der Waals surface area contributed by atoms with Crippen molar-refractivity contribution in [3.63, 3.8) is 0 Å². The number of hydrogen-bond donors (Lipinski definition) is 1. The van der Waals surface area contributed by atoms with Gasteiger partial charge in [-0.3, -0.25) is 0 Å². The van der Waals surface area contributed by atoms with Gasteiger partial charge in [0.05, 0.1) is 16.6 Å². The Kier molecular flexibility index (Phi) is 5.22. The lowest BCUT2D eigenvalue weighted by Crippen LogP contribution is -2.28. The molecule has 1 aromatic rings. The molecule has 1 aliphatic carbocycles. The second-order valence-electron chi connectivity index (χ2n) is 5.31. The predicted molar refractivity (Wildman–Crippen MR) is 79.6 cm³/mol. The van der Waals surface area contributed by atoms with Crippen LogP contribution in [0.5, 0.6) is 5.75 Å². The summed E-state index contributed by atoms with van der Waals surface area (Å²) >= 11 is 0. The second-order valence-corrected chi connectivity index (χ2v) is 7.71. The SMILES string of the molecule is O=C(O)c1cccc(OCCS(=O)(=O)C2CCCCC2)c1. The van der Waals surface area contributed by atoms with E-state index < -0.39 is 15.8 Å². The van der Waals surface area contributed by atoms with Gasteiger partial charge in [-0.15, -0.1) is 0 Å². The highest BCUT2D eigenvalue weighted by Crippen LogP contribution is 2.24. The Labute approximate surface area is 124 Å². The molecule has 0 atom stereocenters. The van der Waals surface area contributed by atoms with Crippen molar-refractivity contribution < 1.29 is 23.1 Å². The van der Waals surface area contributed by atoms with Crippen LogP contribution < -0.4 is 4.74 Å². The van der Waals surface area contributed by atoms with E-state index in [2.05, 4.69) is 0 Å². The summed E-state index contributed by atoms with van der Waals surface area (Å²) in [7, 11) is -3.12. The average molecular weight is 312 g/mol. The Morgan fingerprint density at radius 3 is 2.62 bits per heavy atom. The van der Waals surface area contributed by atoms with Gasteiger partial charge in [-0.1, -0.05) is 25.3 Å². The molecule has 0 saturated heterocycles. The zero-order valence-electron chi connectivity index (χ0n) is 11.8. The monoisotopic (exact) mass is 312 g/mol. The highest BCUT2D eigenvalue weighted by Gasteiger charge is 2.26. The fourth-order valence-electron chi connectivity index (χ4n) is 2.59. The minimum atomic E-state index is -3.12. The molecule has 1 N–H and O–H groups in total. The highest BCUT2D eigenvalue weighted by molar-refractivity contribution is 7.92. The molecule has 0 unspecified atom stereocenters. The smallest absolute Gasteiger partial charge is 0.335 e. The molecule has 116 valence electrons. The Hall–Kier alpha value is -1.56. The van der Waals surface area contributed by atoms with Crippen molar-refractivity contribution in [3.8, 4) is 5.75 Å². The van der Waals surface area contributed by atoms with E-state index in [0.717, 1.165) is 32.1 Å². The van der Waals surface area contributed by atoms with Crippen molar-refractivity contribution in [3.05, 3.63) is 29.8 Å². The van der Waals surface area contributed by atoms with Gasteiger partial charge < -0.3 is 9.84 Å². The summed E-state index contributed by atoms with van der Waals surface area (Å²) in [5, 5.41) is 8.65. The first kappa shape index (κ1) is 15.8. The first-order chi connectivity index (χ1) is 9.99. The van der Waals surface area contributed by atoms with E-state index in [1.54, 1.807) is 12.1 Å². The van der Waals surface area contributed by atoms with Crippen LogP contribution in [0.4, 0.5) is 0 Å². The third-order valence-corrected chi connectivity index (χ3v) is 6.00. The molecule has 0 spiro atoms. The van der Waals surface area contributed by atoms with Crippen molar-refractivity contribution in [1.82, 2.24) is 0 Å². The Bertz CT molecular complexity index is 588. The number of carboxylic acids is 1. The van der Waals surface area contributed by atoms with E-state index in [1.807, 2.05) is 0 Å². The first-order valence-corrected chi connectivity index (χ1v) is 8.88. The largest absolute Gasteiger partial charge is 0.493 e. The van der Waals surface area contributed by atoms with Gasteiger partial charge >= 0.3 is 5.97 Å². The summed E-state index contributed by atoms with van der Waals surface area (Å²) < 4.78 is 29.7. The number of benzene rings is 1. The number of rotatable bonds is 6. The Balaban J connectivity index is 1.88. The van der Waals surface area contributed by atoms with Gasteiger partial charge in [0, 0.05) is 0 Å². The van der Waals surface area contributed by atoms with Gasteiger partial charge in [0.15, 0.2) is 9.84 Å². The molecule has 6 heteroatoms. The van der Waals surface area contributed by atoms with Crippen LogP contribution in [0.25, 0.3) is 0 Å². The molecule has 1 aliphatic rings. The Morgan fingerprint density at radius 1 is 1.24 bits per heavy atom. The zero-order chi connectivity index (χ0) is 15.3. The summed E-state index contributed by atoms with van der Waals surface area (Å²) in [6.07, 6.45) is 4.56. The van der Waals surface area contributed by atoms with Crippen LogP contribution in [-0.4, -0.2) is 37.1 Å². The Morgan fingerprint density at radius 2 is 1.95 bits per heavy atom. The molecule has 0 radical (unpaired) electrons. The standard InChI is InChI=1S/C15H20O5S/c16-15(17)12-5-4-6-13(11-12)20-9-10-21(18,19)14-7-2-1-3-8-14/h4-6,11,14H,1-3,7-10H2,(H,16,17). The number of carbonyl (C=O) groups is 1. The van der Waals surface area contributed by atoms with Crippen LogP contribution in [0.3, 0.4) is 0 Å². The van der Waals surface area contributed by atoms with Crippen molar-refractivity contribution in [2.75, 3.05) is 12.4 Å². The molecule has 5 nitrogen and oxygen atoms in total. The quantitative estimate of drug-likeness (QED) is 0.873. The van der Waals surface area contributed by atoms with Gasteiger partial charge in [-0.05, 0) is 31.0 Å². The van der Waals surface area contributed by atoms with Crippen LogP contribution in [0.15, 0.2) is 24.3 Å². The molecular weight excluding hydrogens is 292 g/mol. The lowest BCUT2D eigenvalue weighted by molar-refractivity contribution is 0.0696. The van der Waals surface area contributed by atoms with Crippen LogP contribution >= 0.6 is 0 Å². The molecule has 21 heavy (non-hydrogen) atoms. The number of carboxylic acid groups (broad SMARTS) is 1. The van der Waals surface area contributed by atoms with Gasteiger partial charge in [0.25, 0.3) is 0 Å². The third-order valence-electron chi connectivity index (χ3n) is 3.78. The predicted octanol–water partition coefficient (Wildman–Crippen LogP) is 2.51. The molecule has 0 amide bonds. The molecule has 0 heterocycles. The lowest BCUT2D eigenvalue weighted by Gasteiger charge is -2.21. The molecule has 1 fully saturated rings. The fraction of sp³-hybridized carbons (Fsp3) is 0.533. The maximum absolute atomic E-state index is 12.2. The zero-order valence-corrected chi connectivity index (χ0v) is 12.6. The normalized spacial score (nSPS) is 16.6. The van der Waals surface area contributed by atoms with Crippen molar-refractivity contribution in [1.29, 1.82) is 0 Å². The van der Waals surface area contributed by atoms with E-state index in [4.69, 9.17) is 9.84 Å². The minimum absolute atomic E-state index is 0.0189. The molecule has 0 aromatic heterocycles. The van der Waals surface area contributed by atoms with E-state index >= 15 is 0 Å². The third kappa shape index (κ3) is 4.46. The van der Waals surface area contributed by atoms with Gasteiger partial charge in [-0.25, -0.2) is 13.2 Å². The van der Waals surface area contributed by atoms with E-state index in [1.165, 1.54) is 12.1 Å². The van der Waals surface area contributed by atoms with Gasteiger partial charge in [0.1, 0.15) is 12.4 Å². The number of aromatic carboxylic acids is 1. The average Bonchev–Trinajstić information content (AvgIpc) is 2.48. The highest BCUT2D eigenvalue weighted by atomic mass is 32.2. The van der Waals surface area contributed by atoms with Gasteiger partial charge in [0.2, 0.25) is 0 Å². The van der Waals surface area contributed by atoms with E-state index in [9.17, 15) is 13.2 Å². The summed E-state index contributed by atoms with van der Waals surface area (Å²) in [4.78, 5) is 10.8. The van der Waals surface area contributed by atoms with Gasteiger partial charge in [-0.2, -0.15) is 0 Å². The number of sulfone groups is 1. The van der Waals surface area contributed by atoms with Crippen molar-refractivity contribution >= 4 is 15.8 Å². The van der Waals surface area contributed by atoms with Crippen LogP contribution in [0.1, 0.15) is 42.5 Å². The summed E-state index contributed by atoms with van der Waals surface area (Å²) in [6.45, 7) is 0.0574. The maximum Gasteiger partial charge on any atom is 0.335 e. The maximum atomic E-state index is 12.2. The first-order valence-electron chi connectivity index (χ1n) is 7.17. The molecule has 2 rings (SSSR count). The molecule has 0 bridgehead atoms. The summed E-state index contributed by atoms with van der Waals surface area (Å²) in [6, 6.07) is 6.07. The molecular formula is C15H20O5S. The van der Waals surface area contributed by atoms with Crippen LogP contribution in [0, 0.1) is 0 Å². The lowest BCUT2D eigenvalue weighted by atomic mass is 10.0. The van der Waals surface area contributed by atoms with Crippen LogP contribution in [0.2, 0.25) is 0 Å². The fourth-order valence-corrected chi connectivity index (χ4v) is 4.29. The summed E-state index contributed by atoms with van der Waals surface area (Å²) in [5.74, 6) is -0.668. The topological polar surface area (TPSA) is 80.7 Å². The molecule has 1 aromatic carbocycles. The summed E-state index contributed by atoms with van der Waals surface area (Å²) in [5.41, 5.74) is 0.127.